The second-order valence-corrected chi connectivity index (χ2v) is 10.2. The zero-order valence-electron chi connectivity index (χ0n) is 18.8. The Balaban J connectivity index is 1.36. The number of amides is 1. The third kappa shape index (κ3) is 6.00. The van der Waals surface area contributed by atoms with Gasteiger partial charge in [0, 0.05) is 48.3 Å². The van der Waals surface area contributed by atoms with Crippen molar-refractivity contribution in [3.8, 4) is 5.69 Å². The SMILES string of the molecule is Cc1cc(/C=N\NC(=O)c2ccc(CSc3ccc(Cl)cc3)cc2)c(C)n1-c1ccc(Br)cc1. The number of aryl methyl sites for hydroxylation is 1. The highest BCUT2D eigenvalue weighted by Crippen LogP contribution is 2.24. The maximum atomic E-state index is 12.5. The highest BCUT2D eigenvalue weighted by atomic mass is 79.9. The third-order valence-corrected chi connectivity index (χ3v) is 7.22. The molecule has 3 aromatic carbocycles. The summed E-state index contributed by atoms with van der Waals surface area (Å²) in [6, 6.07) is 25.6. The minimum absolute atomic E-state index is 0.241. The van der Waals surface area contributed by atoms with Crippen LogP contribution in [-0.4, -0.2) is 16.7 Å². The van der Waals surface area contributed by atoms with Gasteiger partial charge in [0.1, 0.15) is 0 Å². The van der Waals surface area contributed by atoms with Crippen LogP contribution in [0.5, 0.6) is 0 Å². The zero-order chi connectivity index (χ0) is 24.1. The number of hydrogen-bond donors (Lipinski definition) is 1. The first-order valence-electron chi connectivity index (χ1n) is 10.7. The molecule has 1 amide bonds. The van der Waals surface area contributed by atoms with E-state index in [2.05, 4.69) is 56.1 Å². The average Bonchev–Trinajstić information content (AvgIpc) is 3.12. The summed E-state index contributed by atoms with van der Waals surface area (Å²) < 4.78 is 3.20. The Labute approximate surface area is 217 Å². The first-order chi connectivity index (χ1) is 16.4. The molecule has 1 heterocycles. The van der Waals surface area contributed by atoms with Crippen LogP contribution in [0.3, 0.4) is 0 Å². The smallest absolute Gasteiger partial charge is 0.271 e. The van der Waals surface area contributed by atoms with Gasteiger partial charge in [-0.25, -0.2) is 5.43 Å². The van der Waals surface area contributed by atoms with Crippen LogP contribution in [-0.2, 0) is 5.75 Å². The van der Waals surface area contributed by atoms with Gasteiger partial charge in [0.15, 0.2) is 0 Å². The molecule has 0 fully saturated rings. The van der Waals surface area contributed by atoms with Crippen LogP contribution >= 0.6 is 39.3 Å². The van der Waals surface area contributed by atoms with Gasteiger partial charge in [0.25, 0.3) is 5.91 Å². The van der Waals surface area contributed by atoms with Crippen molar-refractivity contribution < 1.29 is 4.79 Å². The van der Waals surface area contributed by atoms with Crippen LogP contribution in [0.15, 0.2) is 93.3 Å². The van der Waals surface area contributed by atoms with E-state index in [1.807, 2.05) is 67.6 Å². The van der Waals surface area contributed by atoms with Crippen LogP contribution in [0.25, 0.3) is 5.69 Å². The molecule has 4 nitrogen and oxygen atoms in total. The zero-order valence-corrected chi connectivity index (χ0v) is 21.9. The van der Waals surface area contributed by atoms with Gasteiger partial charge in [0.05, 0.1) is 6.21 Å². The van der Waals surface area contributed by atoms with E-state index in [1.165, 1.54) is 0 Å². The number of nitrogens with one attached hydrogen (secondary N) is 1. The molecular formula is C27H23BrClN3OS. The molecule has 7 heteroatoms. The molecule has 1 N–H and O–H groups in total. The quantitative estimate of drug-likeness (QED) is 0.146. The third-order valence-electron chi connectivity index (χ3n) is 5.36. The Hall–Kier alpha value is -2.80. The summed E-state index contributed by atoms with van der Waals surface area (Å²) in [5.74, 6) is 0.574. The van der Waals surface area contributed by atoms with Crippen molar-refractivity contribution >= 4 is 51.4 Å². The number of benzene rings is 3. The first kappa shape index (κ1) is 24.3. The molecule has 0 aliphatic heterocycles. The lowest BCUT2D eigenvalue weighted by molar-refractivity contribution is 0.0955. The van der Waals surface area contributed by atoms with Gasteiger partial charge in [-0.2, -0.15) is 5.10 Å². The van der Waals surface area contributed by atoms with E-state index in [4.69, 9.17) is 11.6 Å². The highest BCUT2D eigenvalue weighted by molar-refractivity contribution is 9.10. The summed E-state index contributed by atoms with van der Waals surface area (Å²) in [4.78, 5) is 13.7. The number of hydrogen-bond acceptors (Lipinski definition) is 3. The van der Waals surface area contributed by atoms with Crippen molar-refractivity contribution in [1.82, 2.24) is 9.99 Å². The van der Waals surface area contributed by atoms with Crippen LogP contribution in [0.2, 0.25) is 5.02 Å². The molecule has 0 bridgehead atoms. The Morgan fingerprint density at radius 1 is 1.03 bits per heavy atom. The number of rotatable bonds is 7. The lowest BCUT2D eigenvalue weighted by Gasteiger charge is -2.09. The fourth-order valence-corrected chi connectivity index (χ4v) is 4.83. The Bertz CT molecular complexity index is 1310. The molecule has 4 aromatic rings. The van der Waals surface area contributed by atoms with Crippen LogP contribution in [0.4, 0.5) is 0 Å². The van der Waals surface area contributed by atoms with Crippen molar-refractivity contribution in [2.45, 2.75) is 24.5 Å². The van der Waals surface area contributed by atoms with Gasteiger partial charge in [-0.1, -0.05) is 39.7 Å². The number of thioether (sulfide) groups is 1. The normalized spacial score (nSPS) is 11.2. The number of carbonyl (C=O) groups is 1. The van der Waals surface area contributed by atoms with Gasteiger partial charge >= 0.3 is 0 Å². The molecule has 0 spiro atoms. The number of carbonyl (C=O) groups excluding carboxylic acids is 1. The fraction of sp³-hybridized carbons (Fsp3) is 0.111. The predicted octanol–water partition coefficient (Wildman–Crippen LogP) is 7.57. The monoisotopic (exact) mass is 551 g/mol. The van der Waals surface area contributed by atoms with Gasteiger partial charge in [-0.3, -0.25) is 4.79 Å². The molecule has 0 atom stereocenters. The Morgan fingerprint density at radius 2 is 1.71 bits per heavy atom. The molecule has 0 aliphatic carbocycles. The Morgan fingerprint density at radius 3 is 2.38 bits per heavy atom. The second kappa shape index (κ2) is 11.1. The van der Waals surface area contributed by atoms with Crippen molar-refractivity contribution in [3.63, 3.8) is 0 Å². The summed E-state index contributed by atoms with van der Waals surface area (Å²) >= 11 is 11.1. The fourth-order valence-electron chi connectivity index (χ4n) is 3.58. The minimum atomic E-state index is -0.241. The number of nitrogens with zero attached hydrogens (tertiary/aromatic N) is 2. The lowest BCUT2D eigenvalue weighted by atomic mass is 10.1. The minimum Gasteiger partial charge on any atom is -0.318 e. The first-order valence-corrected chi connectivity index (χ1v) is 12.8. The number of halogens is 2. The van der Waals surface area contributed by atoms with Gasteiger partial charge < -0.3 is 4.57 Å². The highest BCUT2D eigenvalue weighted by Gasteiger charge is 2.10. The van der Waals surface area contributed by atoms with E-state index in [0.717, 1.165) is 48.3 Å². The topological polar surface area (TPSA) is 46.4 Å². The van der Waals surface area contributed by atoms with E-state index in [0.29, 0.717) is 5.56 Å². The predicted molar refractivity (Wildman–Crippen MR) is 145 cm³/mol. The van der Waals surface area contributed by atoms with Crippen molar-refractivity contribution in [3.05, 3.63) is 116 Å². The molecule has 1 aromatic heterocycles. The second-order valence-electron chi connectivity index (χ2n) is 7.78. The van der Waals surface area contributed by atoms with E-state index < -0.39 is 0 Å². The van der Waals surface area contributed by atoms with Crippen molar-refractivity contribution in [2.75, 3.05) is 0 Å². The van der Waals surface area contributed by atoms with Crippen molar-refractivity contribution in [2.24, 2.45) is 5.10 Å². The van der Waals surface area contributed by atoms with Crippen LogP contribution < -0.4 is 5.43 Å². The summed E-state index contributed by atoms with van der Waals surface area (Å²) in [5, 5.41) is 4.92. The molecule has 34 heavy (non-hydrogen) atoms. The van der Waals surface area contributed by atoms with E-state index >= 15 is 0 Å². The standard InChI is InChI=1S/C27H23BrClN3OS/c1-18-15-22(19(2)32(18)25-11-7-23(28)8-12-25)16-30-31-27(33)21-5-3-20(4-6-21)17-34-26-13-9-24(29)10-14-26/h3-16H,17H2,1-2H3,(H,31,33)/b30-16-. The molecule has 0 saturated heterocycles. The lowest BCUT2D eigenvalue weighted by Crippen LogP contribution is -2.17. The van der Waals surface area contributed by atoms with Gasteiger partial charge in [-0.15, -0.1) is 11.8 Å². The van der Waals surface area contributed by atoms with Crippen LogP contribution in [0, 0.1) is 13.8 Å². The van der Waals surface area contributed by atoms with E-state index in [9.17, 15) is 4.79 Å². The number of hydrazone groups is 1. The maximum absolute atomic E-state index is 12.5. The molecule has 0 radical (unpaired) electrons. The molecule has 0 unspecified atom stereocenters. The maximum Gasteiger partial charge on any atom is 0.271 e. The van der Waals surface area contributed by atoms with E-state index in [-0.39, 0.29) is 5.91 Å². The largest absolute Gasteiger partial charge is 0.318 e. The van der Waals surface area contributed by atoms with Gasteiger partial charge in [-0.05, 0) is 86.1 Å². The summed E-state index contributed by atoms with van der Waals surface area (Å²) in [6.45, 7) is 4.09. The van der Waals surface area contributed by atoms with Crippen LogP contribution in [0.1, 0.15) is 32.9 Å². The molecule has 0 saturated carbocycles. The Kier molecular flexibility index (Phi) is 7.93. The summed E-state index contributed by atoms with van der Waals surface area (Å²) in [6.07, 6.45) is 1.69. The summed E-state index contributed by atoms with van der Waals surface area (Å²) in [5.41, 5.74) is 8.52. The van der Waals surface area contributed by atoms with E-state index in [1.54, 1.807) is 18.0 Å². The number of aromatic nitrogens is 1. The average molecular weight is 553 g/mol. The molecular weight excluding hydrogens is 530 g/mol. The molecule has 4 rings (SSSR count). The molecule has 0 aliphatic rings. The van der Waals surface area contributed by atoms with Gasteiger partial charge in [0.2, 0.25) is 0 Å². The molecule has 172 valence electrons. The van der Waals surface area contributed by atoms with Crippen molar-refractivity contribution in [1.29, 1.82) is 0 Å². The summed E-state index contributed by atoms with van der Waals surface area (Å²) in [7, 11) is 0.